The van der Waals surface area contributed by atoms with Crippen LogP contribution < -0.4 is 15.4 Å². The van der Waals surface area contributed by atoms with Crippen LogP contribution in [0.15, 0.2) is 35.5 Å². The second-order valence-electron chi connectivity index (χ2n) is 5.41. The summed E-state index contributed by atoms with van der Waals surface area (Å²) in [5.74, 6) is 1.02. The summed E-state index contributed by atoms with van der Waals surface area (Å²) < 4.78 is 42.9. The molecule has 0 aliphatic heterocycles. The quantitative estimate of drug-likeness (QED) is 0.436. The van der Waals surface area contributed by atoms with Gasteiger partial charge in [-0.05, 0) is 31.2 Å². The van der Waals surface area contributed by atoms with Gasteiger partial charge in [0.05, 0.1) is 17.1 Å². The fraction of sp³-hybridized carbons (Fsp3) is 0.412. The van der Waals surface area contributed by atoms with Crippen molar-refractivity contribution < 1.29 is 17.9 Å². The van der Waals surface area contributed by atoms with E-state index in [1.807, 2.05) is 13.1 Å². The van der Waals surface area contributed by atoms with Crippen LogP contribution in [0.2, 0.25) is 0 Å². The predicted octanol–water partition coefficient (Wildman–Crippen LogP) is 3.26. The van der Waals surface area contributed by atoms with Gasteiger partial charge in [0.25, 0.3) is 0 Å². The highest BCUT2D eigenvalue weighted by atomic mass is 32.1. The minimum atomic E-state index is -4.34. The maximum absolute atomic E-state index is 12.5. The number of hydrogen-bond donors (Lipinski definition) is 2. The molecule has 1 heterocycles. The van der Waals surface area contributed by atoms with Crippen LogP contribution in [0.5, 0.6) is 5.75 Å². The van der Waals surface area contributed by atoms with Gasteiger partial charge in [-0.3, -0.25) is 4.99 Å². The van der Waals surface area contributed by atoms with Crippen LogP contribution in [-0.2, 0) is 12.6 Å². The van der Waals surface area contributed by atoms with Crippen molar-refractivity contribution in [1.29, 1.82) is 0 Å². The highest BCUT2D eigenvalue weighted by molar-refractivity contribution is 7.11. The lowest BCUT2D eigenvalue weighted by molar-refractivity contribution is -0.137. The number of aryl methyl sites for hydroxylation is 1. The molecule has 0 aliphatic rings. The Morgan fingerprint density at radius 1 is 1.19 bits per heavy atom. The molecule has 2 aromatic rings. The van der Waals surface area contributed by atoms with E-state index in [2.05, 4.69) is 20.6 Å². The second-order valence-corrected chi connectivity index (χ2v) is 6.73. The van der Waals surface area contributed by atoms with Crippen LogP contribution in [0.25, 0.3) is 0 Å². The Kier molecular flexibility index (Phi) is 7.26. The summed E-state index contributed by atoms with van der Waals surface area (Å²) in [4.78, 5) is 9.58. The number of guanidine groups is 1. The van der Waals surface area contributed by atoms with E-state index >= 15 is 0 Å². The Bertz CT molecular complexity index is 714. The Labute approximate surface area is 154 Å². The van der Waals surface area contributed by atoms with Crippen molar-refractivity contribution >= 4 is 17.3 Å². The first-order valence-electron chi connectivity index (χ1n) is 8.04. The van der Waals surface area contributed by atoms with Gasteiger partial charge in [0.15, 0.2) is 5.96 Å². The zero-order valence-corrected chi connectivity index (χ0v) is 15.4. The lowest BCUT2D eigenvalue weighted by atomic mass is 10.2. The molecule has 0 amide bonds. The van der Waals surface area contributed by atoms with Gasteiger partial charge >= 0.3 is 6.18 Å². The van der Waals surface area contributed by atoms with E-state index in [1.165, 1.54) is 17.0 Å². The van der Waals surface area contributed by atoms with E-state index in [9.17, 15) is 13.2 Å². The smallest absolute Gasteiger partial charge is 0.416 e. The Balaban J connectivity index is 1.65. The van der Waals surface area contributed by atoms with Crippen molar-refractivity contribution in [1.82, 2.24) is 15.6 Å². The van der Waals surface area contributed by atoms with E-state index in [0.717, 1.165) is 23.6 Å². The fourth-order valence-corrected chi connectivity index (χ4v) is 2.89. The standard InChI is InChI=1S/C17H21F3N4OS/c1-12-11-24-15(26-12)7-8-22-16(21-2)23-9-10-25-14-5-3-13(4-6-14)17(18,19)20/h3-6,11H,7-10H2,1-2H3,(H2,21,22,23). The number of rotatable bonds is 7. The molecule has 0 unspecified atom stereocenters. The van der Waals surface area contributed by atoms with Crippen LogP contribution in [-0.4, -0.2) is 37.7 Å². The van der Waals surface area contributed by atoms with Gasteiger partial charge in [0.1, 0.15) is 12.4 Å². The predicted molar refractivity (Wildman–Crippen MR) is 96.9 cm³/mol. The van der Waals surface area contributed by atoms with Crippen molar-refractivity contribution in [2.24, 2.45) is 4.99 Å². The first-order chi connectivity index (χ1) is 12.4. The summed E-state index contributed by atoms with van der Waals surface area (Å²) in [5, 5.41) is 7.32. The summed E-state index contributed by atoms with van der Waals surface area (Å²) in [5.41, 5.74) is -0.692. The third-order valence-corrected chi connectivity index (χ3v) is 4.34. The molecule has 9 heteroatoms. The minimum Gasteiger partial charge on any atom is -0.492 e. The maximum Gasteiger partial charge on any atom is 0.416 e. The number of benzene rings is 1. The number of nitrogens with zero attached hydrogens (tertiary/aromatic N) is 2. The van der Waals surface area contributed by atoms with E-state index < -0.39 is 11.7 Å². The number of thiazole rings is 1. The van der Waals surface area contributed by atoms with Crippen molar-refractivity contribution in [3.63, 3.8) is 0 Å². The first-order valence-corrected chi connectivity index (χ1v) is 8.86. The van der Waals surface area contributed by atoms with E-state index in [-0.39, 0.29) is 0 Å². The summed E-state index contributed by atoms with van der Waals surface area (Å²) in [7, 11) is 1.67. The van der Waals surface area contributed by atoms with Gasteiger partial charge in [-0.2, -0.15) is 13.2 Å². The Hall–Kier alpha value is -2.29. The van der Waals surface area contributed by atoms with E-state index in [0.29, 0.717) is 31.4 Å². The molecular weight excluding hydrogens is 365 g/mol. The molecular formula is C17H21F3N4OS. The molecule has 142 valence electrons. The molecule has 0 bridgehead atoms. The SMILES string of the molecule is CN=C(NCCOc1ccc(C(F)(F)F)cc1)NCCc1ncc(C)s1. The molecule has 0 saturated heterocycles. The molecule has 1 aromatic carbocycles. The van der Waals surface area contributed by atoms with E-state index in [1.54, 1.807) is 18.4 Å². The van der Waals surface area contributed by atoms with Gasteiger partial charge in [-0.15, -0.1) is 11.3 Å². The third kappa shape index (κ3) is 6.55. The number of nitrogens with one attached hydrogen (secondary N) is 2. The summed E-state index contributed by atoms with van der Waals surface area (Å²) in [6.07, 6.45) is -1.68. The van der Waals surface area contributed by atoms with Crippen LogP contribution in [0, 0.1) is 6.92 Å². The minimum absolute atomic E-state index is 0.303. The van der Waals surface area contributed by atoms with Gasteiger partial charge in [0.2, 0.25) is 0 Å². The van der Waals surface area contributed by atoms with Crippen molar-refractivity contribution in [3.05, 3.63) is 45.9 Å². The maximum atomic E-state index is 12.5. The summed E-state index contributed by atoms with van der Waals surface area (Å²) >= 11 is 1.67. The first kappa shape index (κ1) is 20.0. The number of aliphatic imine (C=N–C) groups is 1. The number of halogens is 3. The van der Waals surface area contributed by atoms with Crippen LogP contribution in [0.3, 0.4) is 0 Å². The molecule has 2 rings (SSSR count). The van der Waals surface area contributed by atoms with E-state index in [4.69, 9.17) is 4.74 Å². The summed E-state index contributed by atoms with van der Waals surface area (Å²) in [6.45, 7) is 3.49. The average Bonchev–Trinajstić information content (AvgIpc) is 3.02. The molecule has 0 aliphatic carbocycles. The van der Waals surface area contributed by atoms with Gasteiger partial charge in [-0.1, -0.05) is 0 Å². The molecule has 2 N–H and O–H groups in total. The van der Waals surface area contributed by atoms with Gasteiger partial charge < -0.3 is 15.4 Å². The number of alkyl halides is 3. The molecule has 1 aromatic heterocycles. The largest absolute Gasteiger partial charge is 0.492 e. The topological polar surface area (TPSA) is 58.5 Å². The molecule has 0 saturated carbocycles. The molecule has 26 heavy (non-hydrogen) atoms. The number of hydrogen-bond acceptors (Lipinski definition) is 4. The van der Waals surface area contributed by atoms with Gasteiger partial charge in [-0.25, -0.2) is 4.98 Å². The Morgan fingerprint density at radius 3 is 2.46 bits per heavy atom. The number of aromatic nitrogens is 1. The molecule has 0 fully saturated rings. The average molecular weight is 386 g/mol. The summed E-state index contributed by atoms with van der Waals surface area (Å²) in [6, 6.07) is 4.63. The molecule has 0 radical (unpaired) electrons. The molecule has 5 nitrogen and oxygen atoms in total. The normalized spacial score (nSPS) is 12.1. The monoisotopic (exact) mass is 386 g/mol. The van der Waals surface area contributed by atoms with Gasteiger partial charge in [0, 0.05) is 31.1 Å². The van der Waals surface area contributed by atoms with Crippen molar-refractivity contribution in [3.8, 4) is 5.75 Å². The highest BCUT2D eigenvalue weighted by Gasteiger charge is 2.29. The van der Waals surface area contributed by atoms with Crippen molar-refractivity contribution in [2.45, 2.75) is 19.5 Å². The van der Waals surface area contributed by atoms with Crippen LogP contribution in [0.4, 0.5) is 13.2 Å². The fourth-order valence-electron chi connectivity index (χ4n) is 2.10. The third-order valence-electron chi connectivity index (χ3n) is 3.37. The van der Waals surface area contributed by atoms with Crippen LogP contribution in [0.1, 0.15) is 15.4 Å². The Morgan fingerprint density at radius 2 is 1.88 bits per heavy atom. The molecule has 0 atom stereocenters. The zero-order valence-electron chi connectivity index (χ0n) is 14.6. The van der Waals surface area contributed by atoms with Crippen molar-refractivity contribution in [2.75, 3.05) is 26.7 Å². The highest BCUT2D eigenvalue weighted by Crippen LogP contribution is 2.30. The molecule has 0 spiro atoms. The van der Waals surface area contributed by atoms with Crippen LogP contribution >= 0.6 is 11.3 Å². The lowest BCUT2D eigenvalue weighted by Gasteiger charge is -2.12. The lowest BCUT2D eigenvalue weighted by Crippen LogP contribution is -2.40. The number of ether oxygens (including phenoxy) is 1. The second kappa shape index (κ2) is 9.42. The zero-order chi connectivity index (χ0) is 19.0.